The Labute approximate surface area is 186 Å². The van der Waals surface area contributed by atoms with Crippen LogP contribution in [0, 0.1) is 15.7 Å². The zero-order valence-corrected chi connectivity index (χ0v) is 19.9. The topological polar surface area (TPSA) is 138 Å². The third-order valence-electron chi connectivity index (χ3n) is 5.97. The van der Waals surface area contributed by atoms with Gasteiger partial charge < -0.3 is 25.5 Å². The molecule has 180 valence electrons. The first-order chi connectivity index (χ1) is 14.5. The number of amides is 1. The van der Waals surface area contributed by atoms with Crippen LogP contribution in [0.5, 0.6) is 0 Å². The van der Waals surface area contributed by atoms with Gasteiger partial charge in [-0.15, -0.1) is 0 Å². The summed E-state index contributed by atoms with van der Waals surface area (Å²) in [7, 11) is 0. The Morgan fingerprint density at radius 3 is 1.77 bits per heavy atom. The molecule has 0 aliphatic rings. The number of nitrogens with zero attached hydrogens (tertiary/aromatic N) is 2. The third-order valence-corrected chi connectivity index (χ3v) is 5.97. The zero-order chi connectivity index (χ0) is 23.9. The number of rotatable bonds is 19. The van der Waals surface area contributed by atoms with Crippen LogP contribution in [0.1, 0.15) is 60.8 Å². The molecule has 2 atom stereocenters. The monoisotopic (exact) mass is 443 g/mol. The van der Waals surface area contributed by atoms with Crippen LogP contribution in [-0.2, 0) is 14.3 Å². The van der Waals surface area contributed by atoms with Crippen molar-refractivity contribution in [1.29, 1.82) is 0 Å². The van der Waals surface area contributed by atoms with E-state index in [0.717, 1.165) is 19.3 Å². The van der Waals surface area contributed by atoms with E-state index in [2.05, 4.69) is 26.3 Å². The summed E-state index contributed by atoms with van der Waals surface area (Å²) < 4.78 is 4.90. The Hall–Kier alpha value is -1.78. The standard InChI is InChI=1S/C21H41N5O5/c1-16(25-29)20(3,4)23-11-8-18(7-10-22-19(28)15-31-14-13-27)9-12-24-21(5,6)17(2)26-30/h13,16-18,23-24H,7-12,14-15H2,1-6H3,(H,22,28). The Kier molecular flexibility index (Phi) is 14.2. The van der Waals surface area contributed by atoms with E-state index >= 15 is 0 Å². The highest BCUT2D eigenvalue weighted by Crippen LogP contribution is 2.17. The lowest BCUT2D eigenvalue weighted by Crippen LogP contribution is -2.48. The van der Waals surface area contributed by atoms with E-state index in [4.69, 9.17) is 4.74 Å². The average molecular weight is 444 g/mol. The smallest absolute Gasteiger partial charge is 0.246 e. The van der Waals surface area contributed by atoms with Crippen LogP contribution >= 0.6 is 0 Å². The molecule has 0 aromatic heterocycles. The summed E-state index contributed by atoms with van der Waals surface area (Å²) in [5.74, 6) is 0.0534. The fraction of sp³-hybridized carbons (Fsp3) is 0.905. The minimum Gasteiger partial charge on any atom is -0.364 e. The van der Waals surface area contributed by atoms with Gasteiger partial charge in [0.2, 0.25) is 5.91 Å². The minimum absolute atomic E-state index is 0.0961. The number of hydrogen-bond donors (Lipinski definition) is 3. The van der Waals surface area contributed by atoms with Crippen LogP contribution in [0.15, 0.2) is 10.4 Å². The maximum Gasteiger partial charge on any atom is 0.246 e. The lowest BCUT2D eigenvalue weighted by molar-refractivity contribution is -0.126. The fourth-order valence-corrected chi connectivity index (χ4v) is 2.86. The van der Waals surface area contributed by atoms with Crippen molar-refractivity contribution in [3.8, 4) is 0 Å². The van der Waals surface area contributed by atoms with Crippen molar-refractivity contribution >= 4 is 12.2 Å². The van der Waals surface area contributed by atoms with Gasteiger partial charge in [-0.2, -0.15) is 9.81 Å². The van der Waals surface area contributed by atoms with Crippen LogP contribution in [0.3, 0.4) is 0 Å². The van der Waals surface area contributed by atoms with Gasteiger partial charge in [-0.1, -0.05) is 10.4 Å². The normalized spacial score (nSPS) is 15.0. The van der Waals surface area contributed by atoms with E-state index in [0.29, 0.717) is 31.8 Å². The summed E-state index contributed by atoms with van der Waals surface area (Å²) in [4.78, 5) is 43.7. The van der Waals surface area contributed by atoms with Gasteiger partial charge >= 0.3 is 0 Å². The highest BCUT2D eigenvalue weighted by atomic mass is 16.5. The van der Waals surface area contributed by atoms with E-state index in [9.17, 15) is 19.4 Å². The molecule has 3 N–H and O–H groups in total. The van der Waals surface area contributed by atoms with Gasteiger partial charge in [0.05, 0.1) is 0 Å². The van der Waals surface area contributed by atoms with Crippen LogP contribution in [-0.4, -0.2) is 68.2 Å². The summed E-state index contributed by atoms with van der Waals surface area (Å²) in [5, 5.41) is 15.8. The van der Waals surface area contributed by atoms with Crippen molar-refractivity contribution in [2.75, 3.05) is 32.8 Å². The Balaban J connectivity index is 4.66. The zero-order valence-electron chi connectivity index (χ0n) is 19.9. The molecular weight excluding hydrogens is 402 g/mol. The van der Waals surface area contributed by atoms with Crippen molar-refractivity contribution in [3.63, 3.8) is 0 Å². The van der Waals surface area contributed by atoms with Crippen LogP contribution in [0.2, 0.25) is 0 Å². The molecule has 0 aromatic carbocycles. The molecule has 0 aromatic rings. The SMILES string of the molecule is CC(N=O)C(C)(C)NCCC(CCNC(=O)COCC=O)CCNC(C)(C)C(C)N=O. The van der Waals surface area contributed by atoms with Crippen LogP contribution in [0.25, 0.3) is 0 Å². The minimum atomic E-state index is -0.401. The number of carbonyl (C=O) groups excluding carboxylic acids is 2. The lowest BCUT2D eigenvalue weighted by Gasteiger charge is -2.31. The van der Waals surface area contributed by atoms with Gasteiger partial charge in [0, 0.05) is 17.6 Å². The van der Waals surface area contributed by atoms with Gasteiger partial charge in [0.25, 0.3) is 0 Å². The molecule has 1 amide bonds. The number of ether oxygens (including phenoxy) is 1. The Morgan fingerprint density at radius 1 is 0.903 bits per heavy atom. The predicted octanol–water partition coefficient (Wildman–Crippen LogP) is 2.15. The number of nitroso groups, excluding NO2 is 2. The van der Waals surface area contributed by atoms with Crippen LogP contribution in [0.4, 0.5) is 0 Å². The van der Waals surface area contributed by atoms with Gasteiger partial charge in [0.15, 0.2) is 0 Å². The van der Waals surface area contributed by atoms with Crippen molar-refractivity contribution < 1.29 is 14.3 Å². The predicted molar refractivity (Wildman–Crippen MR) is 122 cm³/mol. The second-order valence-corrected chi connectivity index (χ2v) is 9.12. The van der Waals surface area contributed by atoms with Gasteiger partial charge in [-0.3, -0.25) is 4.79 Å². The number of nitrogens with one attached hydrogen (secondary N) is 3. The van der Waals surface area contributed by atoms with Crippen molar-refractivity contribution in [3.05, 3.63) is 9.81 Å². The van der Waals surface area contributed by atoms with E-state index in [-0.39, 0.29) is 31.2 Å². The quantitative estimate of drug-likeness (QED) is 0.158. The molecule has 0 saturated heterocycles. The van der Waals surface area contributed by atoms with E-state index in [1.165, 1.54) is 0 Å². The van der Waals surface area contributed by atoms with Gasteiger partial charge in [-0.25, -0.2) is 0 Å². The van der Waals surface area contributed by atoms with Crippen molar-refractivity contribution in [2.45, 2.75) is 84.0 Å². The van der Waals surface area contributed by atoms with Crippen LogP contribution < -0.4 is 16.0 Å². The summed E-state index contributed by atoms with van der Waals surface area (Å²) in [5.41, 5.74) is -0.802. The second kappa shape index (κ2) is 15.1. The first-order valence-electron chi connectivity index (χ1n) is 10.9. The third kappa shape index (κ3) is 12.6. The molecule has 10 heteroatoms. The number of aldehydes is 1. The lowest BCUT2D eigenvalue weighted by atomic mass is 9.92. The summed E-state index contributed by atoms with van der Waals surface area (Å²) in [6, 6.07) is -0.701. The molecule has 10 nitrogen and oxygen atoms in total. The average Bonchev–Trinajstić information content (AvgIpc) is 2.71. The molecule has 0 bridgehead atoms. The maximum atomic E-state index is 11.7. The molecule has 2 unspecified atom stereocenters. The Bertz CT molecular complexity index is 524. The second-order valence-electron chi connectivity index (χ2n) is 9.12. The molecule has 0 fully saturated rings. The highest BCUT2D eigenvalue weighted by molar-refractivity contribution is 5.77. The molecule has 31 heavy (non-hydrogen) atoms. The fourth-order valence-electron chi connectivity index (χ4n) is 2.86. The van der Waals surface area contributed by atoms with Gasteiger partial charge in [0.1, 0.15) is 31.6 Å². The Morgan fingerprint density at radius 2 is 1.35 bits per heavy atom. The molecule has 0 aliphatic carbocycles. The van der Waals surface area contributed by atoms with Crippen molar-refractivity contribution in [2.24, 2.45) is 16.3 Å². The molecule has 0 spiro atoms. The molecule has 0 heterocycles. The molecule has 0 aliphatic heterocycles. The summed E-state index contributed by atoms with van der Waals surface area (Å²) in [6.45, 7) is 13.1. The van der Waals surface area contributed by atoms with Crippen molar-refractivity contribution in [1.82, 2.24) is 16.0 Å². The van der Waals surface area contributed by atoms with E-state index in [1.54, 1.807) is 13.8 Å². The first-order valence-corrected chi connectivity index (χ1v) is 10.9. The molecule has 0 rings (SSSR count). The number of hydrogen-bond acceptors (Lipinski definition) is 9. The number of carbonyl (C=O) groups is 2. The highest BCUT2D eigenvalue weighted by Gasteiger charge is 2.27. The largest absolute Gasteiger partial charge is 0.364 e. The maximum absolute atomic E-state index is 11.7. The molecular formula is C21H41N5O5. The van der Waals surface area contributed by atoms with E-state index < -0.39 is 11.1 Å². The summed E-state index contributed by atoms with van der Waals surface area (Å²) >= 11 is 0. The van der Waals surface area contributed by atoms with E-state index in [1.807, 2.05) is 27.7 Å². The molecule has 0 radical (unpaired) electrons. The van der Waals surface area contributed by atoms with Gasteiger partial charge in [-0.05, 0) is 79.8 Å². The first kappa shape index (κ1) is 29.2. The summed E-state index contributed by atoms with van der Waals surface area (Å²) in [6.07, 6.45) is 3.09. The molecule has 0 saturated carbocycles.